The molecule has 17 heavy (non-hydrogen) atoms. The molecule has 0 amide bonds. The topological polar surface area (TPSA) is 24.7 Å². The minimum atomic E-state index is 0.458. The highest BCUT2D eigenvalue weighted by atomic mass is 35.5. The van der Waals surface area contributed by atoms with Crippen LogP contribution in [0.2, 0.25) is 15.1 Å². The van der Waals surface area contributed by atoms with Crippen LogP contribution in [0, 0.1) is 0 Å². The van der Waals surface area contributed by atoms with Crippen molar-refractivity contribution < 1.29 is 0 Å². The van der Waals surface area contributed by atoms with E-state index in [2.05, 4.69) is 10.2 Å². The molecule has 5 heteroatoms. The van der Waals surface area contributed by atoms with Crippen molar-refractivity contribution in [1.82, 2.24) is 0 Å². The fourth-order valence-corrected chi connectivity index (χ4v) is 1.59. The van der Waals surface area contributed by atoms with E-state index in [1.807, 2.05) is 0 Å². The molecule has 0 bridgehead atoms. The molecule has 2 rings (SSSR count). The maximum atomic E-state index is 5.87. The first-order valence-corrected chi connectivity index (χ1v) is 5.91. The molecule has 0 atom stereocenters. The molecule has 0 spiro atoms. The molecule has 0 aliphatic carbocycles. The predicted octanol–water partition coefficient (Wildman–Crippen LogP) is 6.06. The molecular weight excluding hydrogens is 279 g/mol. The molecule has 2 aromatic carbocycles. The average Bonchev–Trinajstić information content (AvgIpc) is 2.33. The zero-order valence-corrected chi connectivity index (χ0v) is 10.8. The summed E-state index contributed by atoms with van der Waals surface area (Å²) in [6, 6.07) is 12.2. The van der Waals surface area contributed by atoms with E-state index in [1.165, 1.54) is 0 Å². The summed E-state index contributed by atoms with van der Waals surface area (Å²) < 4.78 is 0. The lowest BCUT2D eigenvalue weighted by Crippen LogP contribution is -1.68. The van der Waals surface area contributed by atoms with E-state index >= 15 is 0 Å². The van der Waals surface area contributed by atoms with Crippen LogP contribution in [0.4, 0.5) is 11.4 Å². The summed E-state index contributed by atoms with van der Waals surface area (Å²) >= 11 is 17.4. The van der Waals surface area contributed by atoms with Gasteiger partial charge in [0.15, 0.2) is 0 Å². The normalized spacial score (nSPS) is 11.0. The van der Waals surface area contributed by atoms with Crippen LogP contribution in [0.25, 0.3) is 0 Å². The molecule has 2 nitrogen and oxygen atoms in total. The Morgan fingerprint density at radius 1 is 0.647 bits per heavy atom. The van der Waals surface area contributed by atoms with Crippen molar-refractivity contribution in [3.63, 3.8) is 0 Å². The second-order valence-electron chi connectivity index (χ2n) is 3.27. The summed E-state index contributed by atoms with van der Waals surface area (Å²) in [5.74, 6) is 0. The van der Waals surface area contributed by atoms with Gasteiger partial charge in [-0.1, -0.05) is 34.8 Å². The minimum Gasteiger partial charge on any atom is -0.151 e. The van der Waals surface area contributed by atoms with Crippen LogP contribution >= 0.6 is 34.8 Å². The Bertz CT molecular complexity index is 550. The van der Waals surface area contributed by atoms with Crippen molar-refractivity contribution in [2.75, 3.05) is 0 Å². The minimum absolute atomic E-state index is 0.458. The van der Waals surface area contributed by atoms with Gasteiger partial charge >= 0.3 is 0 Å². The van der Waals surface area contributed by atoms with E-state index in [0.29, 0.717) is 20.8 Å². The molecule has 0 aliphatic heterocycles. The van der Waals surface area contributed by atoms with E-state index in [9.17, 15) is 0 Å². The molecule has 0 unspecified atom stereocenters. The average molecular weight is 286 g/mol. The summed E-state index contributed by atoms with van der Waals surface area (Å²) in [4.78, 5) is 0. The number of halogens is 3. The highest BCUT2D eigenvalue weighted by molar-refractivity contribution is 6.42. The van der Waals surface area contributed by atoms with Gasteiger partial charge in [-0.3, -0.25) is 0 Å². The van der Waals surface area contributed by atoms with E-state index in [0.717, 1.165) is 5.69 Å². The van der Waals surface area contributed by atoms with Crippen LogP contribution in [0.15, 0.2) is 52.7 Å². The summed E-state index contributed by atoms with van der Waals surface area (Å²) in [5.41, 5.74) is 1.37. The number of azo groups is 1. The quantitative estimate of drug-likeness (QED) is 0.599. The number of benzene rings is 2. The molecule has 2 aromatic rings. The predicted molar refractivity (Wildman–Crippen MR) is 72.1 cm³/mol. The Kier molecular flexibility index (Phi) is 4.00. The fraction of sp³-hybridized carbons (Fsp3) is 0. The van der Waals surface area contributed by atoms with Crippen LogP contribution < -0.4 is 0 Å². The van der Waals surface area contributed by atoms with E-state index in [1.54, 1.807) is 42.5 Å². The Balaban J connectivity index is 2.20. The Morgan fingerprint density at radius 2 is 1.24 bits per heavy atom. The standard InChI is InChI=1S/C12H7Cl3N2/c13-8-1-3-9(4-2-8)16-17-10-5-6-11(14)12(15)7-10/h1-7H/b17-16+. The van der Waals surface area contributed by atoms with Gasteiger partial charge in [0.1, 0.15) is 0 Å². The zero-order valence-electron chi connectivity index (χ0n) is 8.57. The second kappa shape index (κ2) is 5.50. The summed E-state index contributed by atoms with van der Waals surface area (Å²) in [6.45, 7) is 0. The molecule has 0 saturated carbocycles. The zero-order chi connectivity index (χ0) is 12.3. The molecule has 0 N–H and O–H groups in total. The smallest absolute Gasteiger partial charge is 0.0872 e. The molecule has 0 fully saturated rings. The van der Waals surface area contributed by atoms with Gasteiger partial charge in [0.25, 0.3) is 0 Å². The maximum absolute atomic E-state index is 5.87. The summed E-state index contributed by atoms with van der Waals surface area (Å²) in [5, 5.41) is 9.72. The van der Waals surface area contributed by atoms with Crippen molar-refractivity contribution in [2.24, 2.45) is 10.2 Å². The fourth-order valence-electron chi connectivity index (χ4n) is 1.17. The molecule has 0 heterocycles. The van der Waals surface area contributed by atoms with Crippen LogP contribution in [-0.4, -0.2) is 0 Å². The lowest BCUT2D eigenvalue weighted by molar-refractivity contribution is 1.23. The highest BCUT2D eigenvalue weighted by Crippen LogP contribution is 2.27. The van der Waals surface area contributed by atoms with Crippen LogP contribution in [-0.2, 0) is 0 Å². The van der Waals surface area contributed by atoms with Crippen LogP contribution in [0.5, 0.6) is 0 Å². The largest absolute Gasteiger partial charge is 0.151 e. The van der Waals surface area contributed by atoms with Crippen molar-refractivity contribution in [3.05, 3.63) is 57.5 Å². The van der Waals surface area contributed by atoms with Crippen molar-refractivity contribution in [1.29, 1.82) is 0 Å². The van der Waals surface area contributed by atoms with Crippen molar-refractivity contribution in [3.8, 4) is 0 Å². The van der Waals surface area contributed by atoms with Gasteiger partial charge in [0.2, 0.25) is 0 Å². The SMILES string of the molecule is Clc1ccc(/N=N/c2ccc(Cl)c(Cl)c2)cc1. The van der Waals surface area contributed by atoms with Gasteiger partial charge in [-0.15, -0.1) is 0 Å². The van der Waals surface area contributed by atoms with Gasteiger partial charge in [-0.25, -0.2) is 0 Å². The molecule has 86 valence electrons. The third-order valence-electron chi connectivity index (χ3n) is 2.01. The first-order valence-electron chi connectivity index (χ1n) is 4.77. The highest BCUT2D eigenvalue weighted by Gasteiger charge is 1.98. The maximum Gasteiger partial charge on any atom is 0.0872 e. The van der Waals surface area contributed by atoms with E-state index in [4.69, 9.17) is 34.8 Å². The van der Waals surface area contributed by atoms with Gasteiger partial charge in [0, 0.05) is 5.02 Å². The number of hydrogen-bond donors (Lipinski definition) is 0. The Labute approximate surface area is 114 Å². The van der Waals surface area contributed by atoms with E-state index in [-0.39, 0.29) is 0 Å². The lowest BCUT2D eigenvalue weighted by atomic mass is 10.3. The number of hydrogen-bond acceptors (Lipinski definition) is 2. The Hall–Kier alpha value is -1.09. The number of rotatable bonds is 2. The molecule has 0 radical (unpaired) electrons. The third-order valence-corrected chi connectivity index (χ3v) is 3.00. The number of nitrogens with zero attached hydrogens (tertiary/aromatic N) is 2. The first kappa shape index (κ1) is 12.4. The van der Waals surface area contributed by atoms with Gasteiger partial charge in [0.05, 0.1) is 21.4 Å². The molecule has 0 aromatic heterocycles. The van der Waals surface area contributed by atoms with E-state index < -0.39 is 0 Å². The van der Waals surface area contributed by atoms with Gasteiger partial charge in [-0.2, -0.15) is 10.2 Å². The second-order valence-corrected chi connectivity index (χ2v) is 4.53. The monoisotopic (exact) mass is 284 g/mol. The van der Waals surface area contributed by atoms with Crippen LogP contribution in [0.3, 0.4) is 0 Å². The first-order chi connectivity index (χ1) is 8.15. The molecule has 0 aliphatic rings. The van der Waals surface area contributed by atoms with Crippen LogP contribution in [0.1, 0.15) is 0 Å². The van der Waals surface area contributed by atoms with Gasteiger partial charge in [-0.05, 0) is 42.5 Å². The van der Waals surface area contributed by atoms with Crippen molar-refractivity contribution in [2.45, 2.75) is 0 Å². The summed E-state index contributed by atoms with van der Waals surface area (Å²) in [7, 11) is 0. The third kappa shape index (κ3) is 3.43. The van der Waals surface area contributed by atoms with Crippen molar-refractivity contribution >= 4 is 46.2 Å². The molecular formula is C12H7Cl3N2. The lowest BCUT2D eigenvalue weighted by Gasteiger charge is -1.96. The van der Waals surface area contributed by atoms with Gasteiger partial charge < -0.3 is 0 Å². The summed E-state index contributed by atoms with van der Waals surface area (Å²) in [6.07, 6.45) is 0. The Morgan fingerprint density at radius 3 is 1.88 bits per heavy atom. The molecule has 0 saturated heterocycles.